The summed E-state index contributed by atoms with van der Waals surface area (Å²) in [5.74, 6) is 0.957. The largest absolute Gasteiger partial charge is 0.494 e. The molecule has 3 heteroatoms. The summed E-state index contributed by atoms with van der Waals surface area (Å²) in [6.07, 6.45) is 4.13. The molecule has 0 spiro atoms. The van der Waals surface area contributed by atoms with Crippen LogP contribution in [0.4, 0.5) is 0 Å². The SMILES string of the molecule is CCOc1cc(C)c(-c2cn3ccc(C)cc3n2)cc1C. The third-order valence-electron chi connectivity index (χ3n) is 3.71. The van der Waals surface area contributed by atoms with Gasteiger partial charge in [-0.05, 0) is 68.7 Å². The summed E-state index contributed by atoms with van der Waals surface area (Å²) >= 11 is 0. The molecule has 0 radical (unpaired) electrons. The van der Waals surface area contributed by atoms with Gasteiger partial charge in [0.15, 0.2) is 0 Å². The number of aryl methyl sites for hydroxylation is 3. The molecule has 0 saturated carbocycles. The van der Waals surface area contributed by atoms with Crippen LogP contribution in [0.15, 0.2) is 36.7 Å². The molecule has 3 nitrogen and oxygen atoms in total. The van der Waals surface area contributed by atoms with Crippen molar-refractivity contribution in [1.29, 1.82) is 0 Å². The molecule has 0 bridgehead atoms. The summed E-state index contributed by atoms with van der Waals surface area (Å²) in [4.78, 5) is 4.74. The number of ether oxygens (including phenoxy) is 1. The van der Waals surface area contributed by atoms with Gasteiger partial charge in [0, 0.05) is 18.0 Å². The third-order valence-corrected chi connectivity index (χ3v) is 3.71. The van der Waals surface area contributed by atoms with E-state index in [4.69, 9.17) is 9.72 Å². The Balaban J connectivity index is 2.11. The standard InChI is InChI=1S/C18H20N2O/c1-5-21-17-10-13(3)15(9-14(17)4)16-11-20-7-6-12(2)8-18(20)19-16/h6-11H,5H2,1-4H3. The predicted molar refractivity (Wildman–Crippen MR) is 86.0 cm³/mol. The summed E-state index contributed by atoms with van der Waals surface area (Å²) in [6.45, 7) is 8.96. The fourth-order valence-electron chi connectivity index (χ4n) is 2.59. The number of nitrogens with zero attached hydrogens (tertiary/aromatic N) is 2. The molecule has 0 saturated heterocycles. The molecule has 0 aliphatic carbocycles. The molecule has 0 aliphatic rings. The number of benzene rings is 1. The fraction of sp³-hybridized carbons (Fsp3) is 0.278. The Morgan fingerprint density at radius 3 is 2.67 bits per heavy atom. The molecule has 0 N–H and O–H groups in total. The smallest absolute Gasteiger partial charge is 0.137 e. The van der Waals surface area contributed by atoms with Gasteiger partial charge >= 0.3 is 0 Å². The highest BCUT2D eigenvalue weighted by Gasteiger charge is 2.10. The fourth-order valence-corrected chi connectivity index (χ4v) is 2.59. The lowest BCUT2D eigenvalue weighted by Crippen LogP contribution is -1.96. The van der Waals surface area contributed by atoms with E-state index in [1.807, 2.05) is 6.92 Å². The first-order chi connectivity index (χ1) is 10.1. The molecule has 0 amide bonds. The number of hydrogen-bond acceptors (Lipinski definition) is 2. The van der Waals surface area contributed by atoms with E-state index in [9.17, 15) is 0 Å². The monoisotopic (exact) mass is 280 g/mol. The van der Waals surface area contributed by atoms with Crippen LogP contribution in [-0.2, 0) is 0 Å². The number of aromatic nitrogens is 2. The number of pyridine rings is 1. The highest BCUT2D eigenvalue weighted by atomic mass is 16.5. The number of fused-ring (bicyclic) bond motifs is 1. The normalized spacial score (nSPS) is 11.0. The van der Waals surface area contributed by atoms with Crippen molar-refractivity contribution in [2.45, 2.75) is 27.7 Å². The zero-order valence-corrected chi connectivity index (χ0v) is 13.0. The number of rotatable bonds is 3. The van der Waals surface area contributed by atoms with Crippen LogP contribution < -0.4 is 4.74 Å². The van der Waals surface area contributed by atoms with Gasteiger partial charge in [-0.25, -0.2) is 4.98 Å². The Morgan fingerprint density at radius 2 is 1.90 bits per heavy atom. The van der Waals surface area contributed by atoms with Crippen LogP contribution in [-0.4, -0.2) is 16.0 Å². The summed E-state index contributed by atoms with van der Waals surface area (Å²) in [6, 6.07) is 8.45. The minimum Gasteiger partial charge on any atom is -0.494 e. The van der Waals surface area contributed by atoms with Crippen molar-refractivity contribution in [2.75, 3.05) is 6.61 Å². The van der Waals surface area contributed by atoms with Crippen molar-refractivity contribution in [1.82, 2.24) is 9.38 Å². The number of hydrogen-bond donors (Lipinski definition) is 0. The highest BCUT2D eigenvalue weighted by Crippen LogP contribution is 2.30. The van der Waals surface area contributed by atoms with Gasteiger partial charge in [0.25, 0.3) is 0 Å². The average Bonchev–Trinajstić information content (AvgIpc) is 2.85. The predicted octanol–water partition coefficient (Wildman–Crippen LogP) is 4.33. The maximum absolute atomic E-state index is 5.66. The quantitative estimate of drug-likeness (QED) is 0.714. The first-order valence-electron chi connectivity index (χ1n) is 7.28. The van der Waals surface area contributed by atoms with Gasteiger partial charge in [-0.1, -0.05) is 0 Å². The zero-order chi connectivity index (χ0) is 15.0. The number of imidazole rings is 1. The molecule has 0 aliphatic heterocycles. The highest BCUT2D eigenvalue weighted by molar-refractivity contribution is 5.68. The van der Waals surface area contributed by atoms with Crippen LogP contribution in [0.2, 0.25) is 0 Å². The van der Waals surface area contributed by atoms with Crippen LogP contribution in [0.3, 0.4) is 0 Å². The summed E-state index contributed by atoms with van der Waals surface area (Å²) in [7, 11) is 0. The lowest BCUT2D eigenvalue weighted by Gasteiger charge is -2.11. The first-order valence-corrected chi connectivity index (χ1v) is 7.28. The minimum absolute atomic E-state index is 0.688. The lowest BCUT2D eigenvalue weighted by atomic mass is 10.0. The Bertz CT molecular complexity index is 802. The van der Waals surface area contributed by atoms with Gasteiger partial charge in [0.1, 0.15) is 11.4 Å². The molecule has 2 aromatic heterocycles. The molecular weight excluding hydrogens is 260 g/mol. The van der Waals surface area contributed by atoms with E-state index in [1.54, 1.807) is 0 Å². The van der Waals surface area contributed by atoms with Crippen molar-refractivity contribution < 1.29 is 4.74 Å². The molecule has 0 fully saturated rings. The van der Waals surface area contributed by atoms with Gasteiger partial charge in [-0.15, -0.1) is 0 Å². The maximum Gasteiger partial charge on any atom is 0.137 e. The summed E-state index contributed by atoms with van der Waals surface area (Å²) < 4.78 is 7.72. The second-order valence-corrected chi connectivity index (χ2v) is 5.46. The van der Waals surface area contributed by atoms with Crippen molar-refractivity contribution in [3.8, 4) is 17.0 Å². The molecule has 21 heavy (non-hydrogen) atoms. The van der Waals surface area contributed by atoms with E-state index in [2.05, 4.69) is 61.8 Å². The average molecular weight is 280 g/mol. The van der Waals surface area contributed by atoms with Crippen LogP contribution in [0, 0.1) is 20.8 Å². The molecule has 3 rings (SSSR count). The van der Waals surface area contributed by atoms with Crippen LogP contribution >= 0.6 is 0 Å². The molecule has 108 valence electrons. The van der Waals surface area contributed by atoms with Gasteiger partial charge in [-0.3, -0.25) is 0 Å². The maximum atomic E-state index is 5.66. The molecular formula is C18H20N2O. The Morgan fingerprint density at radius 1 is 1.10 bits per heavy atom. The Labute approximate surface area is 125 Å². The lowest BCUT2D eigenvalue weighted by molar-refractivity contribution is 0.337. The van der Waals surface area contributed by atoms with Crippen molar-refractivity contribution in [2.24, 2.45) is 0 Å². The van der Waals surface area contributed by atoms with E-state index in [0.717, 1.165) is 28.2 Å². The van der Waals surface area contributed by atoms with E-state index in [0.29, 0.717) is 6.61 Å². The summed E-state index contributed by atoms with van der Waals surface area (Å²) in [5.41, 5.74) is 6.70. The Hall–Kier alpha value is -2.29. The second kappa shape index (κ2) is 5.24. The minimum atomic E-state index is 0.688. The summed E-state index contributed by atoms with van der Waals surface area (Å²) in [5, 5.41) is 0. The third kappa shape index (κ3) is 2.51. The molecule has 0 atom stereocenters. The molecule has 2 heterocycles. The second-order valence-electron chi connectivity index (χ2n) is 5.46. The van der Waals surface area contributed by atoms with Crippen LogP contribution in [0.5, 0.6) is 5.75 Å². The van der Waals surface area contributed by atoms with Gasteiger partial charge in [0.2, 0.25) is 0 Å². The van der Waals surface area contributed by atoms with Gasteiger partial charge in [-0.2, -0.15) is 0 Å². The van der Waals surface area contributed by atoms with E-state index >= 15 is 0 Å². The van der Waals surface area contributed by atoms with Crippen LogP contribution in [0.1, 0.15) is 23.6 Å². The van der Waals surface area contributed by atoms with Crippen molar-refractivity contribution >= 4 is 5.65 Å². The van der Waals surface area contributed by atoms with E-state index in [-0.39, 0.29) is 0 Å². The Kier molecular flexibility index (Phi) is 3.42. The van der Waals surface area contributed by atoms with Crippen LogP contribution in [0.25, 0.3) is 16.9 Å². The van der Waals surface area contributed by atoms with E-state index < -0.39 is 0 Å². The van der Waals surface area contributed by atoms with E-state index in [1.165, 1.54) is 11.1 Å². The van der Waals surface area contributed by atoms with Crippen molar-refractivity contribution in [3.05, 3.63) is 53.3 Å². The van der Waals surface area contributed by atoms with Gasteiger partial charge in [0.05, 0.1) is 12.3 Å². The molecule has 1 aromatic carbocycles. The van der Waals surface area contributed by atoms with Gasteiger partial charge < -0.3 is 9.14 Å². The zero-order valence-electron chi connectivity index (χ0n) is 13.0. The topological polar surface area (TPSA) is 26.5 Å². The van der Waals surface area contributed by atoms with Crippen molar-refractivity contribution in [3.63, 3.8) is 0 Å². The molecule has 0 unspecified atom stereocenters. The first kappa shape index (κ1) is 13.7. The molecule has 3 aromatic rings.